The summed E-state index contributed by atoms with van der Waals surface area (Å²) < 4.78 is 5.70. The molecule has 0 aliphatic rings. The Kier molecular flexibility index (Phi) is 5.48. The molecule has 0 aliphatic heterocycles. The number of ether oxygens (including phenoxy) is 1. The summed E-state index contributed by atoms with van der Waals surface area (Å²) in [7, 11) is 0. The van der Waals surface area contributed by atoms with E-state index in [4.69, 9.17) is 15.3 Å². The van der Waals surface area contributed by atoms with Gasteiger partial charge in [-0.25, -0.2) is 0 Å². The van der Waals surface area contributed by atoms with Crippen LogP contribution in [0, 0.1) is 22.7 Å². The molecule has 0 fully saturated rings. The predicted octanol–water partition coefficient (Wildman–Crippen LogP) is 4.51. The molecule has 0 radical (unpaired) electrons. The van der Waals surface area contributed by atoms with Gasteiger partial charge in [0, 0.05) is 5.69 Å². The second-order valence-electron chi connectivity index (χ2n) is 4.20. The molecule has 2 aromatic carbocycles. The number of allylic oxidation sites excluding steroid dienone is 1. The average molecular weight is 307 g/mol. The van der Waals surface area contributed by atoms with Crippen molar-refractivity contribution in [2.75, 3.05) is 11.6 Å². The van der Waals surface area contributed by atoms with Crippen LogP contribution in [0.4, 0.5) is 5.69 Å². The number of nitrogens with one attached hydrogen (secondary N) is 1. The standard InChI is InChI=1S/C17H13N3OS/c1-22-17(13(11-18)12-19)20-14-7-9-16(10-8-14)21-15-5-3-2-4-6-15/h2-10,20H,1H3. The normalized spacial score (nSPS) is 9.23. The summed E-state index contributed by atoms with van der Waals surface area (Å²) in [6.07, 6.45) is 1.81. The van der Waals surface area contributed by atoms with E-state index in [1.54, 1.807) is 0 Å². The summed E-state index contributed by atoms with van der Waals surface area (Å²) in [6, 6.07) is 20.6. The van der Waals surface area contributed by atoms with Gasteiger partial charge in [0.25, 0.3) is 0 Å². The highest BCUT2D eigenvalue weighted by atomic mass is 32.2. The fourth-order valence-electron chi connectivity index (χ4n) is 1.70. The third kappa shape index (κ3) is 4.05. The second-order valence-corrected chi connectivity index (χ2v) is 5.01. The molecule has 0 aromatic heterocycles. The molecule has 0 spiro atoms. The van der Waals surface area contributed by atoms with Crippen molar-refractivity contribution in [3.05, 3.63) is 65.2 Å². The van der Waals surface area contributed by atoms with Gasteiger partial charge in [-0.2, -0.15) is 10.5 Å². The van der Waals surface area contributed by atoms with Crippen LogP contribution in [0.1, 0.15) is 0 Å². The first-order valence-corrected chi connectivity index (χ1v) is 7.67. The first-order chi connectivity index (χ1) is 10.8. The maximum Gasteiger partial charge on any atom is 0.159 e. The summed E-state index contributed by atoms with van der Waals surface area (Å²) in [5.41, 5.74) is 0.852. The lowest BCUT2D eigenvalue weighted by Gasteiger charge is -2.10. The van der Waals surface area contributed by atoms with Crippen LogP contribution < -0.4 is 10.1 Å². The van der Waals surface area contributed by atoms with Crippen LogP contribution in [-0.4, -0.2) is 6.26 Å². The minimum absolute atomic E-state index is 0.0668. The smallest absolute Gasteiger partial charge is 0.159 e. The Labute approximate surface area is 133 Å². The summed E-state index contributed by atoms with van der Waals surface area (Å²) in [5.74, 6) is 1.48. The third-order valence-corrected chi connectivity index (χ3v) is 3.46. The van der Waals surface area contributed by atoms with Gasteiger partial charge in [-0.3, -0.25) is 0 Å². The van der Waals surface area contributed by atoms with E-state index in [0.29, 0.717) is 10.8 Å². The van der Waals surface area contributed by atoms with E-state index in [0.717, 1.165) is 11.4 Å². The highest BCUT2D eigenvalue weighted by Crippen LogP contribution is 2.25. The fourth-order valence-corrected chi connectivity index (χ4v) is 2.22. The molecule has 0 bridgehead atoms. The molecule has 0 unspecified atom stereocenters. The summed E-state index contributed by atoms with van der Waals surface area (Å²) in [6.45, 7) is 0. The number of thioether (sulfide) groups is 1. The molecule has 0 aliphatic carbocycles. The van der Waals surface area contributed by atoms with E-state index in [-0.39, 0.29) is 5.57 Å². The number of rotatable bonds is 5. The SMILES string of the molecule is CSC(Nc1ccc(Oc2ccccc2)cc1)=C(C#N)C#N. The lowest BCUT2D eigenvalue weighted by atomic mass is 10.3. The largest absolute Gasteiger partial charge is 0.457 e. The van der Waals surface area contributed by atoms with E-state index in [9.17, 15) is 0 Å². The van der Waals surface area contributed by atoms with Crippen LogP contribution in [-0.2, 0) is 0 Å². The van der Waals surface area contributed by atoms with Crippen molar-refractivity contribution in [1.29, 1.82) is 10.5 Å². The van der Waals surface area contributed by atoms with Gasteiger partial charge >= 0.3 is 0 Å². The van der Waals surface area contributed by atoms with Gasteiger partial charge in [0.05, 0.1) is 0 Å². The van der Waals surface area contributed by atoms with Crippen LogP contribution in [0.15, 0.2) is 65.2 Å². The second kappa shape index (κ2) is 7.78. The minimum atomic E-state index is 0.0668. The molecule has 0 saturated carbocycles. The Bertz CT molecular complexity index is 724. The van der Waals surface area contributed by atoms with Gasteiger partial charge in [-0.05, 0) is 42.7 Å². The van der Waals surface area contributed by atoms with Gasteiger partial charge in [0.1, 0.15) is 28.7 Å². The van der Waals surface area contributed by atoms with E-state index in [1.807, 2.05) is 73.0 Å². The van der Waals surface area contributed by atoms with Crippen molar-refractivity contribution in [3.8, 4) is 23.6 Å². The molecule has 0 atom stereocenters. The lowest BCUT2D eigenvalue weighted by molar-refractivity contribution is 0.483. The first kappa shape index (κ1) is 15.5. The third-order valence-electron chi connectivity index (χ3n) is 2.75. The highest BCUT2D eigenvalue weighted by molar-refractivity contribution is 8.02. The van der Waals surface area contributed by atoms with Crippen LogP contribution in [0.5, 0.6) is 11.5 Å². The van der Waals surface area contributed by atoms with Gasteiger partial charge in [0.15, 0.2) is 5.57 Å². The number of anilines is 1. The van der Waals surface area contributed by atoms with Crippen molar-refractivity contribution in [2.24, 2.45) is 0 Å². The van der Waals surface area contributed by atoms with Gasteiger partial charge in [0.2, 0.25) is 0 Å². The van der Waals surface area contributed by atoms with Crippen LogP contribution >= 0.6 is 11.8 Å². The topological polar surface area (TPSA) is 68.8 Å². The molecule has 1 N–H and O–H groups in total. The van der Waals surface area contributed by atoms with Gasteiger partial charge in [-0.15, -0.1) is 11.8 Å². The van der Waals surface area contributed by atoms with E-state index in [2.05, 4.69) is 5.32 Å². The number of para-hydroxylation sites is 1. The number of nitriles is 2. The molecule has 0 saturated heterocycles. The number of hydrogen-bond acceptors (Lipinski definition) is 5. The van der Waals surface area contributed by atoms with Crippen molar-refractivity contribution >= 4 is 17.4 Å². The zero-order chi connectivity index (χ0) is 15.8. The zero-order valence-electron chi connectivity index (χ0n) is 11.9. The zero-order valence-corrected chi connectivity index (χ0v) is 12.7. The Balaban J connectivity index is 2.11. The average Bonchev–Trinajstić information content (AvgIpc) is 2.57. The van der Waals surface area contributed by atoms with Crippen molar-refractivity contribution in [2.45, 2.75) is 0 Å². The molecule has 108 valence electrons. The predicted molar refractivity (Wildman–Crippen MR) is 88.3 cm³/mol. The lowest BCUT2D eigenvalue weighted by Crippen LogP contribution is -1.98. The van der Waals surface area contributed by atoms with Crippen LogP contribution in [0.25, 0.3) is 0 Å². The Hall–Kier alpha value is -2.89. The summed E-state index contributed by atoms with van der Waals surface area (Å²) in [4.78, 5) is 0. The minimum Gasteiger partial charge on any atom is -0.457 e. The number of benzene rings is 2. The quantitative estimate of drug-likeness (QED) is 0.823. The summed E-state index contributed by atoms with van der Waals surface area (Å²) in [5, 5.41) is 21.4. The molecule has 0 heterocycles. The fraction of sp³-hybridized carbons (Fsp3) is 0.0588. The van der Waals surface area contributed by atoms with Crippen molar-refractivity contribution in [3.63, 3.8) is 0 Å². The van der Waals surface area contributed by atoms with Crippen LogP contribution in [0.3, 0.4) is 0 Å². The molecule has 5 heteroatoms. The molecule has 22 heavy (non-hydrogen) atoms. The molecule has 2 rings (SSSR count). The Morgan fingerprint density at radius 3 is 2.09 bits per heavy atom. The first-order valence-electron chi connectivity index (χ1n) is 6.45. The van der Waals surface area contributed by atoms with Gasteiger partial charge in [-0.1, -0.05) is 18.2 Å². The highest BCUT2D eigenvalue weighted by Gasteiger charge is 2.06. The summed E-state index contributed by atoms with van der Waals surface area (Å²) >= 11 is 1.32. The number of nitrogens with zero attached hydrogens (tertiary/aromatic N) is 2. The monoisotopic (exact) mass is 307 g/mol. The molecule has 0 amide bonds. The maximum absolute atomic E-state index is 8.91. The van der Waals surface area contributed by atoms with Crippen molar-refractivity contribution in [1.82, 2.24) is 0 Å². The molecule has 4 nitrogen and oxygen atoms in total. The van der Waals surface area contributed by atoms with E-state index < -0.39 is 0 Å². The van der Waals surface area contributed by atoms with E-state index in [1.165, 1.54) is 11.8 Å². The molecular formula is C17H13N3OS. The number of hydrogen-bond donors (Lipinski definition) is 1. The Morgan fingerprint density at radius 2 is 1.55 bits per heavy atom. The van der Waals surface area contributed by atoms with E-state index >= 15 is 0 Å². The maximum atomic E-state index is 8.91. The Morgan fingerprint density at radius 1 is 0.955 bits per heavy atom. The molecule has 2 aromatic rings. The van der Waals surface area contributed by atoms with Gasteiger partial charge < -0.3 is 10.1 Å². The van der Waals surface area contributed by atoms with Crippen LogP contribution in [0.2, 0.25) is 0 Å². The van der Waals surface area contributed by atoms with Crippen molar-refractivity contribution < 1.29 is 4.74 Å². The molecular weight excluding hydrogens is 294 g/mol.